The summed E-state index contributed by atoms with van der Waals surface area (Å²) >= 11 is 0. The molecule has 154 valence electrons. The molecule has 7 nitrogen and oxygen atoms in total. The van der Waals surface area contributed by atoms with Gasteiger partial charge in [0, 0.05) is 18.2 Å². The van der Waals surface area contributed by atoms with Gasteiger partial charge < -0.3 is 10.1 Å². The summed E-state index contributed by atoms with van der Waals surface area (Å²) in [6.07, 6.45) is 4.23. The maximum atomic E-state index is 12.6. The molecule has 31 heavy (non-hydrogen) atoms. The first kappa shape index (κ1) is 19.0. The summed E-state index contributed by atoms with van der Waals surface area (Å²) in [5, 5.41) is 9.69. The summed E-state index contributed by atoms with van der Waals surface area (Å²) in [4.78, 5) is 21.2. The number of aromatic nitrogens is 4. The Kier molecular flexibility index (Phi) is 5.14. The molecule has 0 fully saturated rings. The molecule has 2 aromatic heterocycles. The van der Waals surface area contributed by atoms with Gasteiger partial charge in [0.15, 0.2) is 0 Å². The van der Waals surface area contributed by atoms with E-state index >= 15 is 0 Å². The van der Waals surface area contributed by atoms with E-state index in [-0.39, 0.29) is 5.82 Å². The van der Waals surface area contributed by atoms with Crippen LogP contribution in [-0.4, -0.2) is 32.7 Å². The van der Waals surface area contributed by atoms with Gasteiger partial charge in [-0.1, -0.05) is 42.5 Å². The topological polar surface area (TPSA) is 92.8 Å². The fraction of sp³-hybridized carbons (Fsp3) is 0.167. The number of pyridine rings is 1. The zero-order valence-corrected chi connectivity index (χ0v) is 16.8. The Bertz CT molecular complexity index is 1220. The molecular weight excluding hydrogens is 390 g/mol. The van der Waals surface area contributed by atoms with Crippen molar-refractivity contribution >= 4 is 11.7 Å². The van der Waals surface area contributed by atoms with Gasteiger partial charge >= 0.3 is 0 Å². The first-order chi connectivity index (χ1) is 15.3. The molecule has 3 heterocycles. The lowest BCUT2D eigenvalue weighted by molar-refractivity contribution is 0.101. The van der Waals surface area contributed by atoms with Gasteiger partial charge in [0.05, 0.1) is 6.61 Å². The zero-order chi connectivity index (χ0) is 21.0. The number of ether oxygens (including phenoxy) is 1. The minimum Gasteiger partial charge on any atom is -0.493 e. The number of nitrogens with one attached hydrogen (secondary N) is 2. The Morgan fingerprint density at radius 3 is 2.90 bits per heavy atom. The van der Waals surface area contributed by atoms with Crippen LogP contribution in [0.2, 0.25) is 0 Å². The van der Waals surface area contributed by atoms with Gasteiger partial charge in [0.1, 0.15) is 17.4 Å². The van der Waals surface area contributed by atoms with Crippen molar-refractivity contribution in [2.45, 2.75) is 19.3 Å². The van der Waals surface area contributed by atoms with Gasteiger partial charge in [0.25, 0.3) is 5.91 Å². The largest absolute Gasteiger partial charge is 0.493 e. The molecule has 0 bridgehead atoms. The first-order valence-corrected chi connectivity index (χ1v) is 10.2. The number of carbonyl (C=O) groups excluding carboxylic acids is 1. The van der Waals surface area contributed by atoms with Crippen molar-refractivity contribution in [2.75, 3.05) is 11.9 Å². The number of hydrogen-bond acceptors (Lipinski definition) is 5. The van der Waals surface area contributed by atoms with Gasteiger partial charge in [-0.15, -0.1) is 5.10 Å². The van der Waals surface area contributed by atoms with E-state index in [0.717, 1.165) is 41.9 Å². The first-order valence-electron chi connectivity index (χ1n) is 10.2. The molecule has 2 N–H and O–H groups in total. The standard InChI is InChI=1S/C24H21N5O2/c30-24(23-26-22(28-29-23)14-16-6-2-1-3-7-16)27-21-15-17(11-12-25-21)18-8-4-10-20-19(18)9-5-13-31-20/h1-4,6-8,10-12,15H,5,9,13-14H2,(H,25,27,30)(H,26,28,29). The van der Waals surface area contributed by atoms with Crippen LogP contribution in [0.25, 0.3) is 11.1 Å². The number of fused-ring (bicyclic) bond motifs is 1. The van der Waals surface area contributed by atoms with Crippen LogP contribution in [0.3, 0.4) is 0 Å². The number of nitrogens with zero attached hydrogens (tertiary/aromatic N) is 3. The predicted octanol–water partition coefficient (Wildman–Crippen LogP) is 4.03. The second kappa shape index (κ2) is 8.39. The van der Waals surface area contributed by atoms with Crippen molar-refractivity contribution < 1.29 is 9.53 Å². The highest BCUT2D eigenvalue weighted by atomic mass is 16.5. The third-order valence-electron chi connectivity index (χ3n) is 5.22. The number of benzene rings is 2. The van der Waals surface area contributed by atoms with Crippen molar-refractivity contribution in [1.82, 2.24) is 20.2 Å². The van der Waals surface area contributed by atoms with Gasteiger partial charge in [-0.3, -0.25) is 9.89 Å². The molecule has 1 amide bonds. The van der Waals surface area contributed by atoms with Crippen LogP contribution in [0.4, 0.5) is 5.82 Å². The highest BCUT2D eigenvalue weighted by Crippen LogP contribution is 2.34. The van der Waals surface area contributed by atoms with E-state index in [1.807, 2.05) is 54.6 Å². The summed E-state index contributed by atoms with van der Waals surface area (Å²) < 4.78 is 5.78. The monoisotopic (exact) mass is 411 g/mol. The van der Waals surface area contributed by atoms with E-state index in [1.165, 1.54) is 5.56 Å². The lowest BCUT2D eigenvalue weighted by atomic mass is 9.95. The van der Waals surface area contributed by atoms with Crippen LogP contribution in [0.1, 0.15) is 34.0 Å². The third-order valence-corrected chi connectivity index (χ3v) is 5.22. The number of aromatic amines is 1. The Morgan fingerprint density at radius 2 is 2.00 bits per heavy atom. The molecule has 0 aliphatic carbocycles. The molecule has 4 aromatic rings. The summed E-state index contributed by atoms with van der Waals surface area (Å²) in [5.41, 5.74) is 4.36. The molecule has 0 unspecified atom stereocenters. The van der Waals surface area contributed by atoms with E-state index in [1.54, 1.807) is 6.20 Å². The predicted molar refractivity (Wildman–Crippen MR) is 117 cm³/mol. The van der Waals surface area contributed by atoms with Crippen molar-refractivity contribution in [3.63, 3.8) is 0 Å². The number of rotatable bonds is 5. The fourth-order valence-corrected chi connectivity index (χ4v) is 3.76. The fourth-order valence-electron chi connectivity index (χ4n) is 3.76. The van der Waals surface area contributed by atoms with Gasteiger partial charge in [-0.05, 0) is 47.7 Å². The molecule has 7 heteroatoms. The van der Waals surface area contributed by atoms with Crippen molar-refractivity contribution in [3.05, 3.63) is 89.6 Å². The Balaban J connectivity index is 1.33. The van der Waals surface area contributed by atoms with E-state index in [4.69, 9.17) is 4.74 Å². The van der Waals surface area contributed by atoms with Crippen LogP contribution in [0.15, 0.2) is 66.9 Å². The quantitative estimate of drug-likeness (QED) is 0.517. The Labute approximate surface area is 179 Å². The van der Waals surface area contributed by atoms with Crippen LogP contribution in [0.5, 0.6) is 5.75 Å². The zero-order valence-electron chi connectivity index (χ0n) is 16.8. The highest BCUT2D eigenvalue weighted by Gasteiger charge is 2.17. The summed E-state index contributed by atoms with van der Waals surface area (Å²) in [5.74, 6) is 1.69. The van der Waals surface area contributed by atoms with Crippen LogP contribution >= 0.6 is 0 Å². The van der Waals surface area contributed by atoms with Gasteiger partial charge in [0.2, 0.25) is 5.82 Å². The number of anilines is 1. The molecule has 0 radical (unpaired) electrons. The molecule has 0 spiro atoms. The summed E-state index contributed by atoms with van der Waals surface area (Å²) in [6, 6.07) is 19.8. The number of carbonyl (C=O) groups is 1. The number of amides is 1. The lowest BCUT2D eigenvalue weighted by Gasteiger charge is -2.20. The second-order valence-electron chi connectivity index (χ2n) is 7.39. The SMILES string of the molecule is O=C(Nc1cc(-c2cccc3c2CCCO3)ccn1)c1n[nH]c(Cc2ccccc2)n1. The van der Waals surface area contributed by atoms with Gasteiger partial charge in [-0.2, -0.15) is 0 Å². The van der Waals surface area contributed by atoms with Crippen molar-refractivity contribution in [3.8, 4) is 16.9 Å². The summed E-state index contributed by atoms with van der Waals surface area (Å²) in [6.45, 7) is 0.747. The van der Waals surface area contributed by atoms with Crippen LogP contribution in [-0.2, 0) is 12.8 Å². The average molecular weight is 411 g/mol. The molecule has 1 aliphatic rings. The minimum absolute atomic E-state index is 0.0867. The normalized spacial score (nSPS) is 12.6. The molecular formula is C24H21N5O2. The van der Waals surface area contributed by atoms with Crippen LogP contribution < -0.4 is 10.1 Å². The lowest BCUT2D eigenvalue weighted by Crippen LogP contribution is -2.15. The maximum Gasteiger partial charge on any atom is 0.296 e. The Morgan fingerprint density at radius 1 is 1.10 bits per heavy atom. The second-order valence-corrected chi connectivity index (χ2v) is 7.39. The average Bonchev–Trinajstić information content (AvgIpc) is 3.28. The third kappa shape index (κ3) is 4.16. The van der Waals surface area contributed by atoms with Crippen molar-refractivity contribution in [2.24, 2.45) is 0 Å². The van der Waals surface area contributed by atoms with E-state index < -0.39 is 5.91 Å². The molecule has 0 saturated heterocycles. The molecule has 0 saturated carbocycles. The smallest absolute Gasteiger partial charge is 0.296 e. The van der Waals surface area contributed by atoms with Crippen LogP contribution in [0, 0.1) is 0 Å². The van der Waals surface area contributed by atoms with E-state index in [2.05, 4.69) is 31.5 Å². The number of H-pyrrole nitrogens is 1. The highest BCUT2D eigenvalue weighted by molar-refractivity contribution is 6.01. The van der Waals surface area contributed by atoms with Gasteiger partial charge in [-0.25, -0.2) is 9.97 Å². The van der Waals surface area contributed by atoms with E-state index in [9.17, 15) is 4.79 Å². The molecule has 1 aliphatic heterocycles. The van der Waals surface area contributed by atoms with Crippen molar-refractivity contribution in [1.29, 1.82) is 0 Å². The molecule has 2 aromatic carbocycles. The Hall–Kier alpha value is -4.00. The molecule has 0 atom stereocenters. The maximum absolute atomic E-state index is 12.6. The molecule has 5 rings (SSSR count). The summed E-state index contributed by atoms with van der Waals surface area (Å²) in [7, 11) is 0. The van der Waals surface area contributed by atoms with E-state index in [0.29, 0.717) is 18.1 Å². The minimum atomic E-state index is -0.404. The number of hydrogen-bond donors (Lipinski definition) is 2.